The lowest BCUT2D eigenvalue weighted by Gasteiger charge is -2.22. The number of aryl methyl sites for hydroxylation is 1. The van der Waals surface area contributed by atoms with E-state index < -0.39 is 5.60 Å². The van der Waals surface area contributed by atoms with Crippen LogP contribution in [0.5, 0.6) is 0 Å². The van der Waals surface area contributed by atoms with Crippen molar-refractivity contribution in [2.75, 3.05) is 19.6 Å². The largest absolute Gasteiger partial charge is 0.384 e. The molecule has 0 spiro atoms. The number of aromatic nitrogens is 2. The quantitative estimate of drug-likeness (QED) is 0.531. The first-order valence-electron chi connectivity index (χ1n) is 8.29. The predicted molar refractivity (Wildman–Crippen MR) is 96.9 cm³/mol. The number of aliphatic imine (C=N–C) groups is 1. The molecule has 1 atom stereocenters. The van der Waals surface area contributed by atoms with Crippen LogP contribution >= 0.6 is 0 Å². The van der Waals surface area contributed by atoms with Gasteiger partial charge >= 0.3 is 0 Å². The Kier molecular flexibility index (Phi) is 6.37. The maximum absolute atomic E-state index is 10.6. The fourth-order valence-electron chi connectivity index (χ4n) is 2.39. The van der Waals surface area contributed by atoms with E-state index in [0.717, 1.165) is 25.1 Å². The minimum Gasteiger partial charge on any atom is -0.384 e. The molecule has 0 amide bonds. The Bertz CT molecular complexity index is 648. The number of aliphatic hydroxyl groups is 1. The van der Waals surface area contributed by atoms with Crippen molar-refractivity contribution in [3.63, 3.8) is 0 Å². The standard InChI is InChI=1S/C18H27N5O/c1-4-19-17(20-11-10-15-12-22-23(3)13-15)21-14-18(2,24)16-8-6-5-7-9-16/h5-9,12-13,24H,4,10-11,14H2,1-3H3,(H2,19,20,21). The summed E-state index contributed by atoms with van der Waals surface area (Å²) in [4.78, 5) is 4.52. The van der Waals surface area contributed by atoms with E-state index in [1.54, 1.807) is 11.6 Å². The van der Waals surface area contributed by atoms with Crippen LogP contribution in [0.1, 0.15) is 25.0 Å². The first kappa shape index (κ1) is 18.0. The molecule has 0 saturated carbocycles. The van der Waals surface area contributed by atoms with Crippen molar-refractivity contribution in [2.45, 2.75) is 25.9 Å². The van der Waals surface area contributed by atoms with Gasteiger partial charge in [-0.05, 0) is 31.4 Å². The molecule has 0 bridgehead atoms. The molecule has 130 valence electrons. The van der Waals surface area contributed by atoms with Crippen LogP contribution in [0.4, 0.5) is 0 Å². The second-order valence-corrected chi connectivity index (χ2v) is 6.03. The van der Waals surface area contributed by atoms with E-state index in [1.165, 1.54) is 5.56 Å². The van der Waals surface area contributed by atoms with Gasteiger partial charge in [0.15, 0.2) is 5.96 Å². The van der Waals surface area contributed by atoms with Gasteiger partial charge in [0, 0.05) is 26.3 Å². The highest BCUT2D eigenvalue weighted by atomic mass is 16.3. The zero-order valence-corrected chi connectivity index (χ0v) is 14.7. The molecule has 0 aliphatic rings. The molecule has 0 radical (unpaired) electrons. The number of benzene rings is 1. The van der Waals surface area contributed by atoms with E-state index in [1.807, 2.05) is 56.7 Å². The average molecular weight is 329 g/mol. The number of nitrogens with one attached hydrogen (secondary N) is 2. The van der Waals surface area contributed by atoms with E-state index in [0.29, 0.717) is 12.5 Å². The van der Waals surface area contributed by atoms with Crippen LogP contribution in [-0.2, 0) is 19.1 Å². The van der Waals surface area contributed by atoms with Gasteiger partial charge in [-0.1, -0.05) is 30.3 Å². The van der Waals surface area contributed by atoms with Crippen LogP contribution in [0.3, 0.4) is 0 Å². The van der Waals surface area contributed by atoms with Gasteiger partial charge in [0.25, 0.3) is 0 Å². The van der Waals surface area contributed by atoms with E-state index >= 15 is 0 Å². The molecule has 1 aromatic heterocycles. The zero-order valence-electron chi connectivity index (χ0n) is 14.7. The number of hydrogen-bond donors (Lipinski definition) is 3. The molecule has 2 rings (SSSR count). The van der Waals surface area contributed by atoms with Crippen LogP contribution in [0.25, 0.3) is 0 Å². The summed E-state index contributed by atoms with van der Waals surface area (Å²) in [5.74, 6) is 0.706. The maximum Gasteiger partial charge on any atom is 0.191 e. The molecule has 1 unspecified atom stereocenters. The summed E-state index contributed by atoms with van der Waals surface area (Å²) in [6.45, 7) is 5.62. The third-order valence-corrected chi connectivity index (χ3v) is 3.75. The van der Waals surface area contributed by atoms with E-state index in [4.69, 9.17) is 0 Å². The average Bonchev–Trinajstić information content (AvgIpc) is 2.99. The molecule has 6 heteroatoms. The summed E-state index contributed by atoms with van der Waals surface area (Å²) in [7, 11) is 1.91. The van der Waals surface area contributed by atoms with Gasteiger partial charge in [-0.25, -0.2) is 4.99 Å². The molecule has 1 heterocycles. The summed E-state index contributed by atoms with van der Waals surface area (Å²) in [6, 6.07) is 9.61. The minimum atomic E-state index is -0.993. The molecule has 0 aliphatic carbocycles. The van der Waals surface area contributed by atoms with Gasteiger partial charge in [-0.3, -0.25) is 4.68 Å². The van der Waals surface area contributed by atoms with Crippen molar-refractivity contribution in [1.29, 1.82) is 0 Å². The molecule has 0 aliphatic heterocycles. The molecule has 3 N–H and O–H groups in total. The Labute approximate surface area is 143 Å². The molecule has 6 nitrogen and oxygen atoms in total. The second kappa shape index (κ2) is 8.49. The third-order valence-electron chi connectivity index (χ3n) is 3.75. The first-order valence-corrected chi connectivity index (χ1v) is 8.29. The Morgan fingerprint density at radius 2 is 2.04 bits per heavy atom. The minimum absolute atomic E-state index is 0.291. The fraction of sp³-hybridized carbons (Fsp3) is 0.444. The van der Waals surface area contributed by atoms with Crippen molar-refractivity contribution in [3.05, 3.63) is 53.9 Å². The smallest absolute Gasteiger partial charge is 0.191 e. The number of rotatable bonds is 7. The van der Waals surface area contributed by atoms with E-state index in [2.05, 4.69) is 20.7 Å². The van der Waals surface area contributed by atoms with Crippen molar-refractivity contribution < 1.29 is 5.11 Å². The van der Waals surface area contributed by atoms with E-state index in [9.17, 15) is 5.11 Å². The van der Waals surface area contributed by atoms with Crippen LogP contribution in [0.2, 0.25) is 0 Å². The van der Waals surface area contributed by atoms with Crippen molar-refractivity contribution in [1.82, 2.24) is 20.4 Å². The molecule has 0 fully saturated rings. The molecular formula is C18H27N5O. The Balaban J connectivity index is 1.92. The van der Waals surface area contributed by atoms with Crippen LogP contribution in [0, 0.1) is 0 Å². The van der Waals surface area contributed by atoms with Crippen LogP contribution < -0.4 is 10.6 Å². The Hall–Kier alpha value is -2.34. The van der Waals surface area contributed by atoms with Gasteiger partial charge in [0.1, 0.15) is 5.60 Å². The molecular weight excluding hydrogens is 302 g/mol. The fourth-order valence-corrected chi connectivity index (χ4v) is 2.39. The van der Waals surface area contributed by atoms with Crippen molar-refractivity contribution >= 4 is 5.96 Å². The highest BCUT2D eigenvalue weighted by Crippen LogP contribution is 2.20. The number of guanidine groups is 1. The van der Waals surface area contributed by atoms with Gasteiger partial charge in [-0.15, -0.1) is 0 Å². The molecule has 24 heavy (non-hydrogen) atoms. The SMILES string of the molecule is CCNC(=NCC(C)(O)c1ccccc1)NCCc1cnn(C)c1. The zero-order chi connectivity index (χ0) is 17.4. The van der Waals surface area contributed by atoms with Crippen LogP contribution in [0.15, 0.2) is 47.7 Å². The van der Waals surface area contributed by atoms with Gasteiger partial charge in [0.2, 0.25) is 0 Å². The van der Waals surface area contributed by atoms with Crippen molar-refractivity contribution in [3.8, 4) is 0 Å². The molecule has 2 aromatic rings. The number of nitrogens with zero attached hydrogens (tertiary/aromatic N) is 3. The summed E-state index contributed by atoms with van der Waals surface area (Å²) < 4.78 is 1.80. The van der Waals surface area contributed by atoms with Crippen LogP contribution in [-0.4, -0.2) is 40.5 Å². The molecule has 0 saturated heterocycles. The lowest BCUT2D eigenvalue weighted by Crippen LogP contribution is -2.39. The predicted octanol–water partition coefficient (Wildman–Crippen LogP) is 1.43. The summed E-state index contributed by atoms with van der Waals surface area (Å²) in [6.07, 6.45) is 4.74. The normalized spacial score (nSPS) is 14.2. The second-order valence-electron chi connectivity index (χ2n) is 6.03. The lowest BCUT2D eigenvalue weighted by atomic mass is 9.96. The summed E-state index contributed by atoms with van der Waals surface area (Å²) in [5.41, 5.74) is 1.05. The molecule has 1 aromatic carbocycles. The highest BCUT2D eigenvalue weighted by molar-refractivity contribution is 5.79. The van der Waals surface area contributed by atoms with Gasteiger partial charge < -0.3 is 15.7 Å². The van der Waals surface area contributed by atoms with Crippen molar-refractivity contribution in [2.24, 2.45) is 12.0 Å². The highest BCUT2D eigenvalue weighted by Gasteiger charge is 2.22. The first-order chi connectivity index (χ1) is 11.5. The van der Waals surface area contributed by atoms with Gasteiger partial charge in [0.05, 0.1) is 12.7 Å². The Morgan fingerprint density at radius 3 is 2.67 bits per heavy atom. The van der Waals surface area contributed by atoms with E-state index in [-0.39, 0.29) is 0 Å². The Morgan fingerprint density at radius 1 is 1.29 bits per heavy atom. The summed E-state index contributed by atoms with van der Waals surface area (Å²) in [5, 5.41) is 21.3. The number of hydrogen-bond acceptors (Lipinski definition) is 3. The summed E-state index contributed by atoms with van der Waals surface area (Å²) >= 11 is 0. The van der Waals surface area contributed by atoms with Gasteiger partial charge in [-0.2, -0.15) is 5.10 Å². The maximum atomic E-state index is 10.6. The lowest BCUT2D eigenvalue weighted by molar-refractivity contribution is 0.0672. The topological polar surface area (TPSA) is 74.5 Å². The third kappa shape index (κ3) is 5.38. The monoisotopic (exact) mass is 329 g/mol.